The van der Waals surface area contributed by atoms with Crippen LogP contribution in [-0.2, 0) is 0 Å². The fourth-order valence-corrected chi connectivity index (χ4v) is 2.89. The lowest BCUT2D eigenvalue weighted by Gasteiger charge is -2.06. The summed E-state index contributed by atoms with van der Waals surface area (Å²) in [6.07, 6.45) is 0. The average molecular weight is 357 g/mol. The maximum atomic E-state index is 12.2. The van der Waals surface area contributed by atoms with E-state index < -0.39 is 11.8 Å². The summed E-state index contributed by atoms with van der Waals surface area (Å²) in [5.74, 6) is -1.11. The molecular formula is C21H15N3O3. The summed E-state index contributed by atoms with van der Waals surface area (Å²) in [5, 5.41) is 6.66. The molecular weight excluding hydrogens is 342 g/mol. The second-order valence-corrected chi connectivity index (χ2v) is 5.95. The summed E-state index contributed by atoms with van der Waals surface area (Å²) >= 11 is 0. The van der Waals surface area contributed by atoms with Gasteiger partial charge >= 0.3 is 0 Å². The number of nitrogens with one attached hydrogen (secondary N) is 1. The molecule has 0 radical (unpaired) electrons. The van der Waals surface area contributed by atoms with Crippen LogP contribution in [0.5, 0.6) is 0 Å². The van der Waals surface area contributed by atoms with Crippen LogP contribution in [0.1, 0.15) is 20.7 Å². The largest absolute Gasteiger partial charge is 0.436 e. The van der Waals surface area contributed by atoms with Crippen LogP contribution in [0.15, 0.2) is 82.3 Å². The Kier molecular flexibility index (Phi) is 4.14. The zero-order valence-electron chi connectivity index (χ0n) is 14.2. The molecule has 0 aliphatic heterocycles. The minimum atomic E-state index is -0.693. The molecule has 6 heteroatoms. The molecule has 1 aromatic heterocycles. The molecule has 0 aliphatic rings. The molecule has 0 saturated carbocycles. The number of nitrogens with zero attached hydrogens (tertiary/aromatic N) is 1. The molecule has 0 saturated heterocycles. The first-order valence-corrected chi connectivity index (χ1v) is 8.28. The van der Waals surface area contributed by atoms with Crippen LogP contribution >= 0.6 is 0 Å². The van der Waals surface area contributed by atoms with Gasteiger partial charge in [-0.2, -0.15) is 0 Å². The number of carbonyl (C=O) groups is 2. The number of amides is 2. The fourth-order valence-electron chi connectivity index (χ4n) is 2.89. The number of hydrogen-bond acceptors (Lipinski definition) is 4. The van der Waals surface area contributed by atoms with Gasteiger partial charge in [0.2, 0.25) is 5.55 Å². The summed E-state index contributed by atoms with van der Waals surface area (Å²) < 4.78 is 5.77. The zero-order chi connectivity index (χ0) is 18.8. The van der Waals surface area contributed by atoms with Crippen molar-refractivity contribution in [2.24, 2.45) is 10.8 Å². The number of primary amides is 1. The van der Waals surface area contributed by atoms with Crippen LogP contribution in [-0.4, -0.2) is 11.8 Å². The number of carbonyl (C=O) groups excluding carboxylic acids is 2. The summed E-state index contributed by atoms with van der Waals surface area (Å²) in [6, 6.07) is 21.7. The molecule has 0 fully saturated rings. The summed E-state index contributed by atoms with van der Waals surface area (Å²) in [4.78, 5) is 24.1. The highest BCUT2D eigenvalue weighted by Gasteiger charge is 2.12. The Hall–Kier alpha value is -3.93. The van der Waals surface area contributed by atoms with E-state index in [9.17, 15) is 9.59 Å². The van der Waals surface area contributed by atoms with Gasteiger partial charge in [-0.1, -0.05) is 48.5 Å². The normalized spacial score (nSPS) is 11.6. The Morgan fingerprint density at radius 2 is 1.63 bits per heavy atom. The van der Waals surface area contributed by atoms with E-state index in [1.54, 1.807) is 36.4 Å². The third-order valence-electron chi connectivity index (χ3n) is 4.22. The van der Waals surface area contributed by atoms with Gasteiger partial charge in [0.1, 0.15) is 11.1 Å². The van der Waals surface area contributed by atoms with Gasteiger partial charge in [0.25, 0.3) is 11.8 Å². The number of fused-ring (bicyclic) bond motifs is 3. The van der Waals surface area contributed by atoms with Crippen molar-refractivity contribution in [1.82, 2.24) is 5.43 Å². The highest BCUT2D eigenvalue weighted by Crippen LogP contribution is 2.24. The zero-order valence-corrected chi connectivity index (χ0v) is 14.2. The first-order chi connectivity index (χ1) is 13.1. The predicted molar refractivity (Wildman–Crippen MR) is 102 cm³/mol. The lowest BCUT2D eigenvalue weighted by molar-refractivity contribution is 0.0946. The Morgan fingerprint density at radius 3 is 2.41 bits per heavy atom. The molecule has 3 aromatic carbocycles. The highest BCUT2D eigenvalue weighted by atomic mass is 16.3. The van der Waals surface area contributed by atoms with Gasteiger partial charge in [0.05, 0.1) is 0 Å². The molecule has 0 unspecified atom stereocenters. The van der Waals surface area contributed by atoms with Crippen molar-refractivity contribution in [1.29, 1.82) is 0 Å². The Labute approximate surface area is 153 Å². The van der Waals surface area contributed by atoms with E-state index in [-0.39, 0.29) is 11.1 Å². The van der Waals surface area contributed by atoms with Gasteiger partial charge in [-0.05, 0) is 35.0 Å². The minimum Gasteiger partial charge on any atom is -0.436 e. The number of benzene rings is 3. The quantitative estimate of drug-likeness (QED) is 0.436. The lowest BCUT2D eigenvalue weighted by Crippen LogP contribution is -2.27. The standard InChI is InChI=1S/C21H15N3O3/c22-19(25)17-12-16-15-9-5-4-6-13(15)10-11-18(16)27-21(17)24-23-20(26)14-7-2-1-3-8-14/h1-12H,(H2,22,25)(H,23,26)/b24-21-. The first kappa shape index (κ1) is 16.5. The van der Waals surface area contributed by atoms with E-state index in [2.05, 4.69) is 10.5 Å². The summed E-state index contributed by atoms with van der Waals surface area (Å²) in [6.45, 7) is 0. The predicted octanol–water partition coefficient (Wildman–Crippen LogP) is 2.93. The van der Waals surface area contributed by atoms with Crippen molar-refractivity contribution in [2.75, 3.05) is 0 Å². The summed E-state index contributed by atoms with van der Waals surface area (Å²) in [7, 11) is 0. The van der Waals surface area contributed by atoms with Crippen molar-refractivity contribution >= 4 is 33.6 Å². The van der Waals surface area contributed by atoms with E-state index in [1.165, 1.54) is 0 Å². The van der Waals surface area contributed by atoms with E-state index in [4.69, 9.17) is 10.2 Å². The molecule has 4 rings (SSSR count). The van der Waals surface area contributed by atoms with Crippen molar-refractivity contribution in [3.63, 3.8) is 0 Å². The third kappa shape index (κ3) is 3.16. The first-order valence-electron chi connectivity index (χ1n) is 8.28. The Balaban J connectivity index is 1.84. The average Bonchev–Trinajstić information content (AvgIpc) is 2.71. The van der Waals surface area contributed by atoms with Gasteiger partial charge < -0.3 is 10.2 Å². The van der Waals surface area contributed by atoms with Crippen LogP contribution in [0.25, 0.3) is 21.7 Å². The SMILES string of the molecule is NC(=O)c1cc2c(ccc3ccccc32)o/c1=N\NC(=O)c1ccccc1. The Bertz CT molecular complexity index is 1240. The van der Waals surface area contributed by atoms with Crippen LogP contribution in [0, 0.1) is 0 Å². The van der Waals surface area contributed by atoms with Crippen molar-refractivity contribution in [3.05, 3.63) is 89.5 Å². The summed E-state index contributed by atoms with van der Waals surface area (Å²) in [5.41, 5.74) is 8.91. The van der Waals surface area contributed by atoms with E-state index in [0.717, 1.165) is 16.2 Å². The van der Waals surface area contributed by atoms with Gasteiger partial charge in [-0.15, -0.1) is 5.10 Å². The highest BCUT2D eigenvalue weighted by molar-refractivity contribution is 6.07. The molecule has 0 atom stereocenters. The third-order valence-corrected chi connectivity index (χ3v) is 4.22. The topological polar surface area (TPSA) is 97.7 Å². The number of hydrogen-bond donors (Lipinski definition) is 2. The monoisotopic (exact) mass is 357 g/mol. The second kappa shape index (κ2) is 6.76. The minimum absolute atomic E-state index is 0.0467. The van der Waals surface area contributed by atoms with Crippen molar-refractivity contribution < 1.29 is 14.0 Å². The molecule has 0 aliphatic carbocycles. The molecule has 0 bridgehead atoms. The van der Waals surface area contributed by atoms with Crippen LogP contribution in [0.4, 0.5) is 0 Å². The molecule has 132 valence electrons. The van der Waals surface area contributed by atoms with Gasteiger partial charge in [-0.3, -0.25) is 9.59 Å². The van der Waals surface area contributed by atoms with Crippen LogP contribution in [0.2, 0.25) is 0 Å². The number of rotatable bonds is 3. The van der Waals surface area contributed by atoms with Crippen molar-refractivity contribution in [2.45, 2.75) is 0 Å². The molecule has 1 heterocycles. The molecule has 2 amide bonds. The Morgan fingerprint density at radius 1 is 0.889 bits per heavy atom. The molecule has 27 heavy (non-hydrogen) atoms. The number of nitrogens with two attached hydrogens (primary N) is 1. The van der Waals surface area contributed by atoms with E-state index in [1.807, 2.05) is 36.4 Å². The lowest BCUT2D eigenvalue weighted by atomic mass is 10.0. The van der Waals surface area contributed by atoms with Gasteiger partial charge in [-0.25, -0.2) is 5.43 Å². The van der Waals surface area contributed by atoms with Gasteiger partial charge in [0.15, 0.2) is 0 Å². The molecule has 0 spiro atoms. The van der Waals surface area contributed by atoms with Crippen molar-refractivity contribution in [3.8, 4) is 0 Å². The molecule has 4 aromatic rings. The van der Waals surface area contributed by atoms with E-state index >= 15 is 0 Å². The van der Waals surface area contributed by atoms with Crippen LogP contribution < -0.4 is 16.7 Å². The maximum absolute atomic E-state index is 12.2. The smallest absolute Gasteiger partial charge is 0.271 e. The fraction of sp³-hybridized carbons (Fsp3) is 0. The van der Waals surface area contributed by atoms with Gasteiger partial charge in [0, 0.05) is 10.9 Å². The second-order valence-electron chi connectivity index (χ2n) is 5.95. The molecule has 6 nitrogen and oxygen atoms in total. The van der Waals surface area contributed by atoms with Crippen LogP contribution in [0.3, 0.4) is 0 Å². The van der Waals surface area contributed by atoms with E-state index in [0.29, 0.717) is 11.1 Å². The maximum Gasteiger partial charge on any atom is 0.271 e. The molecule has 3 N–H and O–H groups in total.